The third kappa shape index (κ3) is 3.01. The van der Waals surface area contributed by atoms with Gasteiger partial charge in [0, 0.05) is 6.20 Å². The fourth-order valence-corrected chi connectivity index (χ4v) is 1.35. The minimum Gasteiger partial charge on any atom is -0.368 e. The summed E-state index contributed by atoms with van der Waals surface area (Å²) >= 11 is 5.91. The molecule has 0 atom stereocenters. The van der Waals surface area contributed by atoms with Crippen LogP contribution in [0.5, 0.6) is 0 Å². The monoisotopic (exact) mass is 250 g/mol. The molecule has 88 valence electrons. The van der Waals surface area contributed by atoms with Crippen molar-refractivity contribution in [1.82, 2.24) is 19.9 Å². The van der Waals surface area contributed by atoms with Crippen LogP contribution in [0, 0.1) is 6.92 Å². The second-order valence-corrected chi connectivity index (χ2v) is 3.83. The summed E-state index contributed by atoms with van der Waals surface area (Å²) in [6.45, 7) is 2.36. The van der Waals surface area contributed by atoms with E-state index in [0.29, 0.717) is 17.4 Å². The second kappa shape index (κ2) is 4.92. The molecule has 0 amide bonds. The van der Waals surface area contributed by atoms with Crippen molar-refractivity contribution in [2.24, 2.45) is 0 Å². The Morgan fingerprint density at radius 2 is 2.06 bits per heavy atom. The largest absolute Gasteiger partial charge is 0.368 e. The molecule has 0 unspecified atom stereocenters. The van der Waals surface area contributed by atoms with Gasteiger partial charge in [0.15, 0.2) is 5.82 Å². The highest BCUT2D eigenvalue weighted by Gasteiger charge is 2.03. The van der Waals surface area contributed by atoms with Crippen LogP contribution in [0.15, 0.2) is 18.6 Å². The molecule has 0 saturated carbocycles. The van der Waals surface area contributed by atoms with E-state index in [-0.39, 0.29) is 5.95 Å². The lowest BCUT2D eigenvalue weighted by Gasteiger charge is -2.06. The Morgan fingerprint density at radius 3 is 2.76 bits per heavy atom. The van der Waals surface area contributed by atoms with E-state index in [1.807, 2.05) is 6.92 Å². The van der Waals surface area contributed by atoms with E-state index in [0.717, 1.165) is 11.4 Å². The van der Waals surface area contributed by atoms with Gasteiger partial charge in [-0.05, 0) is 6.92 Å². The average molecular weight is 251 g/mol. The first-order chi connectivity index (χ1) is 8.15. The third-order valence-corrected chi connectivity index (χ3v) is 2.31. The molecule has 17 heavy (non-hydrogen) atoms. The van der Waals surface area contributed by atoms with Crippen LogP contribution in [0.2, 0.25) is 5.02 Å². The van der Waals surface area contributed by atoms with Crippen molar-refractivity contribution in [3.63, 3.8) is 0 Å². The standard InChI is InChI=1S/C10H11ClN6/c1-6-2-14-7(3-13-6)4-15-9-8(11)5-16-10(12)17-9/h2-3,5H,4H2,1H3,(H3,12,15,16,17). The summed E-state index contributed by atoms with van der Waals surface area (Å²) in [5.74, 6) is 0.661. The minimum atomic E-state index is 0.173. The number of nitrogens with zero attached hydrogens (tertiary/aromatic N) is 4. The summed E-state index contributed by atoms with van der Waals surface area (Å²) in [4.78, 5) is 16.1. The minimum absolute atomic E-state index is 0.173. The van der Waals surface area contributed by atoms with Crippen LogP contribution in [-0.2, 0) is 6.54 Å². The SMILES string of the molecule is Cc1cnc(CNc2nc(N)ncc2Cl)cn1. The first-order valence-corrected chi connectivity index (χ1v) is 5.32. The van der Waals surface area contributed by atoms with Gasteiger partial charge in [-0.1, -0.05) is 11.6 Å². The van der Waals surface area contributed by atoms with Crippen molar-refractivity contribution in [3.05, 3.63) is 35.0 Å². The number of nitrogens with one attached hydrogen (secondary N) is 1. The van der Waals surface area contributed by atoms with Crippen molar-refractivity contribution in [3.8, 4) is 0 Å². The fourth-order valence-electron chi connectivity index (χ4n) is 1.19. The number of anilines is 2. The zero-order valence-electron chi connectivity index (χ0n) is 9.18. The maximum absolute atomic E-state index is 5.91. The van der Waals surface area contributed by atoms with E-state index >= 15 is 0 Å². The summed E-state index contributed by atoms with van der Waals surface area (Å²) < 4.78 is 0. The van der Waals surface area contributed by atoms with E-state index in [1.54, 1.807) is 12.4 Å². The van der Waals surface area contributed by atoms with Crippen molar-refractivity contribution in [2.45, 2.75) is 13.5 Å². The third-order valence-electron chi connectivity index (χ3n) is 2.03. The summed E-state index contributed by atoms with van der Waals surface area (Å²) in [7, 11) is 0. The molecule has 2 heterocycles. The predicted molar refractivity (Wildman–Crippen MR) is 65.6 cm³/mol. The molecule has 0 bridgehead atoms. The van der Waals surface area contributed by atoms with Crippen LogP contribution in [0.1, 0.15) is 11.4 Å². The molecule has 2 aromatic heterocycles. The summed E-state index contributed by atoms with van der Waals surface area (Å²) in [6, 6.07) is 0. The van der Waals surface area contributed by atoms with Crippen LogP contribution in [-0.4, -0.2) is 19.9 Å². The number of hydrogen-bond donors (Lipinski definition) is 2. The quantitative estimate of drug-likeness (QED) is 0.856. The highest BCUT2D eigenvalue weighted by Crippen LogP contribution is 2.18. The van der Waals surface area contributed by atoms with Gasteiger partial charge in [-0.25, -0.2) is 4.98 Å². The van der Waals surface area contributed by atoms with Crippen molar-refractivity contribution in [1.29, 1.82) is 0 Å². The van der Waals surface area contributed by atoms with E-state index in [2.05, 4.69) is 25.3 Å². The van der Waals surface area contributed by atoms with Gasteiger partial charge in [-0.3, -0.25) is 9.97 Å². The molecular weight excluding hydrogens is 240 g/mol. The number of aryl methyl sites for hydroxylation is 1. The van der Waals surface area contributed by atoms with Gasteiger partial charge in [0.2, 0.25) is 5.95 Å². The molecule has 7 heteroatoms. The molecule has 0 spiro atoms. The number of nitrogen functional groups attached to an aromatic ring is 1. The van der Waals surface area contributed by atoms with Gasteiger partial charge in [0.25, 0.3) is 0 Å². The van der Waals surface area contributed by atoms with Crippen LogP contribution in [0.25, 0.3) is 0 Å². The number of nitrogens with two attached hydrogens (primary N) is 1. The van der Waals surface area contributed by atoms with Gasteiger partial charge in [0.1, 0.15) is 5.02 Å². The van der Waals surface area contributed by atoms with Gasteiger partial charge in [-0.15, -0.1) is 0 Å². The van der Waals surface area contributed by atoms with E-state index in [1.165, 1.54) is 6.20 Å². The summed E-state index contributed by atoms with van der Waals surface area (Å²) in [5, 5.41) is 3.44. The van der Waals surface area contributed by atoms with E-state index < -0.39 is 0 Å². The Hall–Kier alpha value is -1.95. The van der Waals surface area contributed by atoms with Crippen LogP contribution >= 0.6 is 11.6 Å². The first-order valence-electron chi connectivity index (χ1n) is 4.94. The molecular formula is C10H11ClN6. The molecule has 0 radical (unpaired) electrons. The Balaban J connectivity index is 2.07. The predicted octanol–water partition coefficient (Wildman–Crippen LogP) is 1.42. The molecule has 0 aromatic carbocycles. The number of hydrogen-bond acceptors (Lipinski definition) is 6. The Labute approximate surface area is 103 Å². The molecule has 0 aliphatic heterocycles. The van der Waals surface area contributed by atoms with Crippen LogP contribution < -0.4 is 11.1 Å². The normalized spacial score (nSPS) is 10.2. The van der Waals surface area contributed by atoms with Crippen molar-refractivity contribution in [2.75, 3.05) is 11.1 Å². The molecule has 0 aliphatic carbocycles. The lowest BCUT2D eigenvalue weighted by Crippen LogP contribution is -2.06. The number of rotatable bonds is 3. The Kier molecular flexibility index (Phi) is 3.34. The smallest absolute Gasteiger partial charge is 0.222 e. The zero-order valence-corrected chi connectivity index (χ0v) is 9.94. The van der Waals surface area contributed by atoms with Gasteiger partial charge in [0.05, 0.1) is 30.3 Å². The second-order valence-electron chi connectivity index (χ2n) is 3.43. The van der Waals surface area contributed by atoms with Gasteiger partial charge in [-0.2, -0.15) is 4.98 Å². The summed E-state index contributed by atoms with van der Waals surface area (Å²) in [5.41, 5.74) is 7.14. The topological polar surface area (TPSA) is 89.6 Å². The molecule has 2 rings (SSSR count). The Bertz CT molecular complexity index is 513. The molecule has 3 N–H and O–H groups in total. The van der Waals surface area contributed by atoms with E-state index in [4.69, 9.17) is 17.3 Å². The maximum atomic E-state index is 5.91. The number of halogens is 1. The van der Waals surface area contributed by atoms with Crippen molar-refractivity contribution >= 4 is 23.4 Å². The number of aromatic nitrogens is 4. The van der Waals surface area contributed by atoms with Gasteiger partial charge < -0.3 is 11.1 Å². The lowest BCUT2D eigenvalue weighted by atomic mass is 10.4. The fraction of sp³-hybridized carbons (Fsp3) is 0.200. The van der Waals surface area contributed by atoms with Crippen LogP contribution in [0.4, 0.5) is 11.8 Å². The molecule has 0 saturated heterocycles. The Morgan fingerprint density at radius 1 is 1.24 bits per heavy atom. The molecule has 0 fully saturated rings. The summed E-state index contributed by atoms with van der Waals surface area (Å²) in [6.07, 6.45) is 4.85. The average Bonchev–Trinajstić information content (AvgIpc) is 2.32. The highest BCUT2D eigenvalue weighted by molar-refractivity contribution is 6.32. The van der Waals surface area contributed by atoms with Gasteiger partial charge >= 0.3 is 0 Å². The zero-order chi connectivity index (χ0) is 12.3. The molecule has 0 aliphatic rings. The highest BCUT2D eigenvalue weighted by atomic mass is 35.5. The first kappa shape index (κ1) is 11.5. The molecule has 2 aromatic rings. The van der Waals surface area contributed by atoms with Crippen molar-refractivity contribution < 1.29 is 0 Å². The van der Waals surface area contributed by atoms with E-state index in [9.17, 15) is 0 Å². The lowest BCUT2D eigenvalue weighted by molar-refractivity contribution is 0.974. The van der Waals surface area contributed by atoms with Crippen LogP contribution in [0.3, 0.4) is 0 Å². The molecule has 6 nitrogen and oxygen atoms in total. The maximum Gasteiger partial charge on any atom is 0.222 e.